The van der Waals surface area contributed by atoms with E-state index in [9.17, 15) is 14.4 Å². The van der Waals surface area contributed by atoms with Crippen LogP contribution in [-0.4, -0.2) is 24.1 Å². The predicted octanol–water partition coefficient (Wildman–Crippen LogP) is 3.53. The first-order chi connectivity index (χ1) is 11.9. The Morgan fingerprint density at radius 2 is 1.92 bits per heavy atom. The van der Waals surface area contributed by atoms with Gasteiger partial charge in [-0.2, -0.15) is 0 Å². The Balaban J connectivity index is 1.71. The highest BCUT2D eigenvalue weighted by Crippen LogP contribution is 2.28. The number of nitrogens with zero attached hydrogens (tertiary/aromatic N) is 1. The van der Waals surface area contributed by atoms with Crippen LogP contribution in [0.25, 0.3) is 0 Å². The number of hydrogen-bond acceptors (Lipinski definition) is 3. The summed E-state index contributed by atoms with van der Waals surface area (Å²) in [5, 5.41) is 3.33. The largest absolute Gasteiger partial charge is 0.326 e. The number of rotatable bonds is 4. The van der Waals surface area contributed by atoms with Crippen LogP contribution in [0.15, 0.2) is 48.5 Å². The number of Topliss-reactive ketones (excluding diaryl/α,β-unsaturated/α-hetero) is 1. The number of hydrogen-bond donors (Lipinski definition) is 1. The highest BCUT2D eigenvalue weighted by molar-refractivity contribution is 6.31. The molecule has 1 fully saturated rings. The van der Waals surface area contributed by atoms with E-state index in [1.807, 2.05) is 0 Å². The van der Waals surface area contributed by atoms with Crippen molar-refractivity contribution in [3.63, 3.8) is 0 Å². The Labute approximate surface area is 150 Å². The number of halogens is 1. The lowest BCUT2D eigenvalue weighted by Crippen LogP contribution is -2.28. The summed E-state index contributed by atoms with van der Waals surface area (Å²) in [5.41, 5.74) is 1.76. The molecule has 5 nitrogen and oxygen atoms in total. The summed E-state index contributed by atoms with van der Waals surface area (Å²) in [6.45, 7) is 1.77. The second kappa shape index (κ2) is 7.07. The van der Waals surface area contributed by atoms with Crippen LogP contribution >= 0.6 is 11.6 Å². The second-order valence-electron chi connectivity index (χ2n) is 6.01. The van der Waals surface area contributed by atoms with Gasteiger partial charge in [0.25, 0.3) is 0 Å². The summed E-state index contributed by atoms with van der Waals surface area (Å²) in [4.78, 5) is 37.7. The summed E-state index contributed by atoms with van der Waals surface area (Å²) in [5.74, 6) is -0.870. The van der Waals surface area contributed by atoms with Gasteiger partial charge in [-0.25, -0.2) is 0 Å². The molecule has 3 rings (SSSR count). The van der Waals surface area contributed by atoms with Crippen LogP contribution in [0.3, 0.4) is 0 Å². The molecule has 0 saturated carbocycles. The third-order valence-electron chi connectivity index (χ3n) is 4.15. The highest BCUT2D eigenvalue weighted by atomic mass is 35.5. The lowest BCUT2D eigenvalue weighted by Gasteiger charge is -2.17. The number of nitrogens with one attached hydrogen (secondary N) is 1. The molecule has 2 amide bonds. The highest BCUT2D eigenvalue weighted by Gasteiger charge is 2.35. The Morgan fingerprint density at radius 1 is 1.16 bits per heavy atom. The van der Waals surface area contributed by atoms with E-state index in [2.05, 4.69) is 5.32 Å². The lowest BCUT2D eigenvalue weighted by atomic mass is 10.1. The zero-order chi connectivity index (χ0) is 18.0. The molecule has 1 atom stereocenters. The van der Waals surface area contributed by atoms with Gasteiger partial charge in [0.1, 0.15) is 0 Å². The maximum atomic E-state index is 12.5. The fraction of sp³-hybridized carbons (Fsp3) is 0.211. The Morgan fingerprint density at radius 3 is 2.64 bits per heavy atom. The maximum absolute atomic E-state index is 12.5. The van der Waals surface area contributed by atoms with Crippen molar-refractivity contribution in [2.75, 3.05) is 16.8 Å². The van der Waals surface area contributed by atoms with Crippen molar-refractivity contribution < 1.29 is 14.4 Å². The van der Waals surface area contributed by atoms with E-state index < -0.39 is 5.92 Å². The van der Waals surface area contributed by atoms with Gasteiger partial charge in [-0.05, 0) is 37.3 Å². The van der Waals surface area contributed by atoms with Gasteiger partial charge in [-0.1, -0.05) is 29.8 Å². The molecule has 0 aromatic heterocycles. The van der Waals surface area contributed by atoms with Crippen molar-refractivity contribution in [3.05, 3.63) is 59.1 Å². The number of carbonyl (C=O) groups is 3. The average molecular weight is 357 g/mol. The number of amides is 2. The first-order valence-electron chi connectivity index (χ1n) is 7.92. The number of carbonyl (C=O) groups excluding carboxylic acids is 3. The van der Waals surface area contributed by atoms with Crippen molar-refractivity contribution in [2.24, 2.45) is 5.92 Å². The van der Waals surface area contributed by atoms with Crippen molar-refractivity contribution in [3.8, 4) is 0 Å². The molecule has 1 aliphatic heterocycles. The van der Waals surface area contributed by atoms with Gasteiger partial charge < -0.3 is 10.2 Å². The zero-order valence-corrected chi connectivity index (χ0v) is 14.4. The van der Waals surface area contributed by atoms with E-state index >= 15 is 0 Å². The summed E-state index contributed by atoms with van der Waals surface area (Å²) in [6, 6.07) is 13.8. The Hall–Kier alpha value is -2.66. The SMILES string of the molecule is CC(=O)c1cccc(NC(=O)C2CC(=O)N(c3cccc(Cl)c3)C2)c1. The summed E-state index contributed by atoms with van der Waals surface area (Å²) < 4.78 is 0. The van der Waals surface area contributed by atoms with Crippen LogP contribution in [0.1, 0.15) is 23.7 Å². The summed E-state index contributed by atoms with van der Waals surface area (Å²) in [6.07, 6.45) is 0.144. The standard InChI is InChI=1S/C19H17ClN2O3/c1-12(23)13-4-2-6-16(8-13)21-19(25)14-9-18(24)22(11-14)17-7-3-5-15(20)10-17/h2-8,10,14H,9,11H2,1H3,(H,21,25). The number of benzene rings is 2. The van der Waals surface area contributed by atoms with Gasteiger partial charge in [0.2, 0.25) is 11.8 Å². The molecule has 1 unspecified atom stereocenters. The van der Waals surface area contributed by atoms with Gasteiger partial charge in [0.05, 0.1) is 5.92 Å². The molecule has 0 radical (unpaired) electrons. The third-order valence-corrected chi connectivity index (χ3v) is 4.39. The number of anilines is 2. The van der Waals surface area contributed by atoms with Crippen LogP contribution in [0.5, 0.6) is 0 Å². The van der Waals surface area contributed by atoms with Crippen molar-refractivity contribution in [1.82, 2.24) is 0 Å². The van der Waals surface area contributed by atoms with E-state index in [-0.39, 0.29) is 24.0 Å². The van der Waals surface area contributed by atoms with Gasteiger partial charge in [-0.3, -0.25) is 14.4 Å². The molecule has 2 aromatic rings. The molecule has 1 aliphatic rings. The van der Waals surface area contributed by atoms with E-state index in [0.29, 0.717) is 28.5 Å². The molecule has 1 N–H and O–H groups in total. The van der Waals surface area contributed by atoms with Crippen LogP contribution in [-0.2, 0) is 9.59 Å². The fourth-order valence-corrected chi connectivity index (χ4v) is 3.02. The molecule has 6 heteroatoms. The van der Waals surface area contributed by atoms with Crippen LogP contribution in [0.4, 0.5) is 11.4 Å². The Bertz CT molecular complexity index is 850. The molecule has 128 valence electrons. The van der Waals surface area contributed by atoms with Gasteiger partial charge in [-0.15, -0.1) is 0 Å². The minimum absolute atomic E-state index is 0.0701. The molecule has 2 aromatic carbocycles. The minimum Gasteiger partial charge on any atom is -0.326 e. The molecule has 25 heavy (non-hydrogen) atoms. The lowest BCUT2D eigenvalue weighted by molar-refractivity contribution is -0.122. The predicted molar refractivity (Wildman–Crippen MR) is 97.0 cm³/mol. The second-order valence-corrected chi connectivity index (χ2v) is 6.45. The fourth-order valence-electron chi connectivity index (χ4n) is 2.84. The van der Waals surface area contributed by atoms with Crippen LogP contribution in [0, 0.1) is 5.92 Å². The third kappa shape index (κ3) is 3.88. The van der Waals surface area contributed by atoms with Gasteiger partial charge >= 0.3 is 0 Å². The first-order valence-corrected chi connectivity index (χ1v) is 8.29. The van der Waals surface area contributed by atoms with Crippen molar-refractivity contribution in [2.45, 2.75) is 13.3 Å². The average Bonchev–Trinajstić information content (AvgIpc) is 2.97. The first kappa shape index (κ1) is 17.2. The van der Waals surface area contributed by atoms with Crippen molar-refractivity contribution >= 4 is 40.6 Å². The molecule has 1 heterocycles. The molecule has 1 saturated heterocycles. The smallest absolute Gasteiger partial charge is 0.229 e. The molecule has 0 bridgehead atoms. The summed E-state index contributed by atoms with van der Waals surface area (Å²) in [7, 11) is 0. The molecule has 0 spiro atoms. The zero-order valence-electron chi connectivity index (χ0n) is 13.7. The van der Waals surface area contributed by atoms with Crippen molar-refractivity contribution in [1.29, 1.82) is 0 Å². The number of ketones is 1. The van der Waals surface area contributed by atoms with Crippen LogP contribution < -0.4 is 10.2 Å². The minimum atomic E-state index is -0.451. The molecule has 0 aliphatic carbocycles. The quantitative estimate of drug-likeness (QED) is 0.852. The van der Waals surface area contributed by atoms with Gasteiger partial charge in [0.15, 0.2) is 5.78 Å². The monoisotopic (exact) mass is 356 g/mol. The maximum Gasteiger partial charge on any atom is 0.229 e. The molecular formula is C19H17ClN2O3. The topological polar surface area (TPSA) is 66.5 Å². The van der Waals surface area contributed by atoms with Gasteiger partial charge in [0, 0.05) is 34.9 Å². The van der Waals surface area contributed by atoms with E-state index in [1.54, 1.807) is 53.4 Å². The normalized spacial score (nSPS) is 16.8. The summed E-state index contributed by atoms with van der Waals surface area (Å²) >= 11 is 5.97. The Kier molecular flexibility index (Phi) is 4.86. The van der Waals surface area contributed by atoms with E-state index in [0.717, 1.165) is 0 Å². The molecular weight excluding hydrogens is 340 g/mol. The van der Waals surface area contributed by atoms with E-state index in [4.69, 9.17) is 11.6 Å². The van der Waals surface area contributed by atoms with Crippen LogP contribution in [0.2, 0.25) is 5.02 Å². The van der Waals surface area contributed by atoms with E-state index in [1.165, 1.54) is 6.92 Å².